The molecule has 2 heterocycles. The second-order valence-corrected chi connectivity index (χ2v) is 9.24. The van der Waals surface area contributed by atoms with Crippen LogP contribution in [0.5, 0.6) is 11.5 Å². The zero-order valence-electron chi connectivity index (χ0n) is 33.3. The molecule has 0 amide bonds. The third-order valence-corrected chi connectivity index (χ3v) is 5.68. The monoisotopic (exact) mass is 820 g/mol. The Labute approximate surface area is 364 Å². The summed E-state index contributed by atoms with van der Waals surface area (Å²) >= 11 is 9.95. The van der Waals surface area contributed by atoms with Gasteiger partial charge in [0.25, 0.3) is 6.47 Å². The summed E-state index contributed by atoms with van der Waals surface area (Å²) in [6.45, 7) is 0.114. The van der Waals surface area contributed by atoms with Crippen LogP contribution in [0.1, 0.15) is 40.8 Å². The number of aromatic hydroxyl groups is 1. The number of carbonyl (C=O) groups is 1. The van der Waals surface area contributed by atoms with Gasteiger partial charge in [0.05, 0.1) is 31.3 Å². The number of halogens is 3. The fraction of sp³-hybridized carbons (Fsp3) is 0.296. The van der Waals surface area contributed by atoms with Crippen LogP contribution in [0.3, 0.4) is 0 Å². The van der Waals surface area contributed by atoms with Crippen LogP contribution in [-0.4, -0.2) is 44.1 Å². The number of phenols is 1. The van der Waals surface area contributed by atoms with Crippen LogP contribution in [0.15, 0.2) is 70.0 Å². The molecular weight excluding hydrogens is 782 g/mol. The number of hydrogen-bond acceptors (Lipinski definition) is 7. The molecule has 0 unspecified atom stereocenters. The van der Waals surface area contributed by atoms with Crippen LogP contribution in [-0.2, 0) is 9.68 Å². The average molecular weight is 824 g/mol. The number of hydrogen-bond donors (Lipinski definition) is 3. The summed E-state index contributed by atoms with van der Waals surface area (Å²) in [7, 11) is 0. The number of rotatable bonds is 9. The van der Waals surface area contributed by atoms with E-state index in [2.05, 4.69) is 62.6 Å². The first-order chi connectivity index (χ1) is 23.1. The maximum absolute atomic E-state index is 11.6. The molecule has 0 saturated heterocycles. The summed E-state index contributed by atoms with van der Waals surface area (Å²) in [5.74, 6) is -0.810. The minimum atomic E-state index is -0.868. The largest absolute Gasteiger partial charge is 1.00 e. The first-order valence-corrected chi connectivity index (χ1v) is 14.4. The van der Waals surface area contributed by atoms with Crippen molar-refractivity contribution in [2.75, 3.05) is 22.6 Å². The van der Waals surface area contributed by atoms with Gasteiger partial charge >= 0.3 is 103 Å². The molecule has 0 bridgehead atoms. The van der Waals surface area contributed by atoms with Gasteiger partial charge in [-0.05, 0) is 72.7 Å². The van der Waals surface area contributed by atoms with E-state index in [4.69, 9.17) is 28.5 Å². The van der Waals surface area contributed by atoms with E-state index in [0.717, 1.165) is 28.8 Å². The van der Waals surface area contributed by atoms with Gasteiger partial charge in [-0.2, -0.15) is 0 Å². The van der Waals surface area contributed by atoms with Crippen LogP contribution in [0.2, 0.25) is 0 Å². The number of unbranched alkanes of at least 4 members (excludes halogenated alkanes) is 2. The van der Waals surface area contributed by atoms with Crippen LogP contribution in [0, 0.1) is 0 Å². The molecule has 0 radical (unpaired) electrons. The summed E-state index contributed by atoms with van der Waals surface area (Å²) < 4.78 is 82.1. The Morgan fingerprint density at radius 1 is 0.805 bits per heavy atom. The third kappa shape index (κ3) is 20.3. The summed E-state index contributed by atoms with van der Waals surface area (Å²) in [5, 5.41) is 20.7. The van der Waals surface area contributed by atoms with Crippen molar-refractivity contribution >= 4 is 76.1 Å². The topological polar surface area (TPSA) is 145 Å². The number of pyridine rings is 2. The van der Waals surface area contributed by atoms with Gasteiger partial charge in [-0.3, -0.25) is 14.4 Å². The predicted octanol–water partition coefficient (Wildman–Crippen LogP) is -0.573. The molecule has 4 aromatic rings. The number of carbonyl (C=O) groups excluding carboxylic acids is 1. The Kier molecular flexibility index (Phi) is 19.1. The molecule has 9 nitrogen and oxygen atoms in total. The molecule has 2 aromatic heterocycles. The van der Waals surface area contributed by atoms with E-state index < -0.39 is 59.2 Å². The van der Waals surface area contributed by atoms with Gasteiger partial charge in [0.15, 0.2) is 0 Å². The van der Waals surface area contributed by atoms with Gasteiger partial charge in [-0.1, -0.05) is 47.8 Å². The number of aromatic amines is 2. The van der Waals surface area contributed by atoms with E-state index in [-0.39, 0.29) is 156 Å². The maximum atomic E-state index is 11.6. The van der Waals surface area contributed by atoms with Crippen molar-refractivity contribution in [2.24, 2.45) is 0 Å². The van der Waals surface area contributed by atoms with E-state index in [1.54, 1.807) is 0 Å². The van der Waals surface area contributed by atoms with Crippen LogP contribution >= 0.6 is 47.8 Å². The van der Waals surface area contributed by atoms with Crippen molar-refractivity contribution in [2.45, 2.75) is 25.7 Å². The Bertz CT molecular complexity index is 1890. The van der Waals surface area contributed by atoms with E-state index in [9.17, 15) is 14.7 Å². The zero-order chi connectivity index (χ0) is 37.6. The van der Waals surface area contributed by atoms with Crippen molar-refractivity contribution in [1.82, 2.24) is 9.97 Å². The van der Waals surface area contributed by atoms with Crippen molar-refractivity contribution in [3.8, 4) is 11.5 Å². The van der Waals surface area contributed by atoms with Crippen molar-refractivity contribution in [3.05, 3.63) is 81.1 Å². The molecule has 2 aromatic carbocycles. The quantitative estimate of drug-likeness (QED) is 0.0513. The number of H-pyrrole nitrogens is 2. The number of nitrogens with one attached hydrogen (secondary N) is 2. The summed E-state index contributed by atoms with van der Waals surface area (Å²) in [5.41, 5.74) is -1.90. The van der Waals surface area contributed by atoms with Gasteiger partial charge in [0.2, 0.25) is 11.1 Å². The van der Waals surface area contributed by atoms with Crippen LogP contribution in [0.4, 0.5) is 0 Å². The Morgan fingerprint density at radius 2 is 1.24 bits per heavy atom. The van der Waals surface area contributed by atoms with E-state index in [1.165, 1.54) is 12.8 Å². The molecule has 0 aliphatic heterocycles. The van der Waals surface area contributed by atoms with Gasteiger partial charge < -0.3 is 31.4 Å². The Hall–Kier alpha value is 0.603. The average Bonchev–Trinajstić information content (AvgIpc) is 3.09. The third-order valence-electron chi connectivity index (χ3n) is 4.00. The minimum Gasteiger partial charge on any atom is -1.00 e. The Balaban J connectivity index is -0.000000712. The normalized spacial score (nSPS) is 12.7. The number of fused-ring (bicyclic) bond motifs is 2. The van der Waals surface area contributed by atoms with Gasteiger partial charge in [0.1, 0.15) is 11.5 Å². The second-order valence-electron chi connectivity index (χ2n) is 6.86. The van der Waals surface area contributed by atoms with Crippen LogP contribution < -0.4 is 124 Å². The molecule has 4 rings (SSSR count). The molecule has 14 heteroatoms. The van der Waals surface area contributed by atoms with Gasteiger partial charge in [-0.25, -0.2) is 0 Å². The molecule has 0 aliphatic carbocycles. The van der Waals surface area contributed by atoms with Crippen molar-refractivity contribution in [1.29, 1.82) is 0 Å². The number of ether oxygens (including phenoxy) is 1. The molecule has 41 heavy (non-hydrogen) atoms. The Morgan fingerprint density at radius 3 is 1.73 bits per heavy atom. The molecule has 0 aliphatic rings. The second kappa shape index (κ2) is 28.1. The molecule has 0 saturated carbocycles. The number of phenolic OH excluding ortho intramolecular Hbond substituents is 1. The zero-order valence-corrected chi connectivity index (χ0v) is 33.3. The van der Waals surface area contributed by atoms with Gasteiger partial charge in [0, 0.05) is 40.2 Å². The van der Waals surface area contributed by atoms with Crippen molar-refractivity contribution in [3.63, 3.8) is 0 Å². The van der Waals surface area contributed by atoms with Crippen molar-refractivity contribution < 1.29 is 143 Å². The molecule has 214 valence electrons. The number of alkyl halides is 3. The summed E-state index contributed by atoms with van der Waals surface area (Å²) in [6, 6.07) is -4.64. The molecular formula is C27H31Br3K2N2O7. The molecule has 0 spiro atoms. The first kappa shape index (κ1) is 27.9. The predicted molar refractivity (Wildman–Crippen MR) is 164 cm³/mol. The number of aromatic nitrogens is 2. The van der Waals surface area contributed by atoms with E-state index in [0.29, 0.717) is 6.61 Å². The van der Waals surface area contributed by atoms with E-state index >= 15 is 0 Å². The fourth-order valence-corrected chi connectivity index (χ4v) is 3.51. The number of benzene rings is 2. The fourth-order valence-electron chi connectivity index (χ4n) is 2.32. The van der Waals surface area contributed by atoms with Gasteiger partial charge in [-0.15, -0.1) is 0 Å². The SMILES string of the molecule is BrCCCCBr.O=CO[O-].[2H]c1c(O)c([2H])c2[nH]c(=O)c([2H])c([2H])c2c1[2H].[2H]c1c(OCCCCBr)c([2H])c2[nH]c(=O)c([2H])c([2H])c2c1[2H].[H-].[K+].[K+]. The maximum Gasteiger partial charge on any atom is 1.00 e. The summed E-state index contributed by atoms with van der Waals surface area (Å²) in [6.07, 6.45) is 4.16. The molecule has 3 N–H and O–H groups in total. The van der Waals surface area contributed by atoms with Crippen LogP contribution in [0.25, 0.3) is 21.8 Å². The standard InChI is InChI=1S/C13H14BrNO2.C9H7NO2.C4H8Br2.CH2O3.2K.H/c14-7-1-2-8-17-11-5-3-10-4-6-13(16)15-12(10)9-11;11-7-3-1-6-2-4-9(12)10-8(6)5-7;5-3-1-2-4-6;2-1-4-3;;;/h3-6,9H,1-2,7-8H2,(H,15,16);1-5,11H,(H,10,12);1-4H2;1,3H;;;/q;;;;2*+1;-1/p-1/i3D,4D,5D,6D,9D;1D,2D,3D,4D,5D;;;;;. The first-order valence-electron chi connectivity index (χ1n) is 16.1. The van der Waals surface area contributed by atoms with E-state index in [1.807, 2.05) is 0 Å². The molecule has 0 atom stereocenters. The smallest absolute Gasteiger partial charge is 1.00 e. The molecule has 0 fully saturated rings. The summed E-state index contributed by atoms with van der Waals surface area (Å²) in [4.78, 5) is 38.6. The minimum absolute atomic E-state index is 0.